The molecule has 0 saturated heterocycles. The fourth-order valence-corrected chi connectivity index (χ4v) is 2.00. The molecule has 2 aromatic rings. The number of aromatic nitrogens is 2. The average molecular weight is 249 g/mol. The molecule has 2 heterocycles. The molecule has 0 radical (unpaired) electrons. The van der Waals surface area contributed by atoms with E-state index in [-0.39, 0.29) is 6.79 Å². The second-order valence-corrected chi connectivity index (χ2v) is 4.06. The van der Waals surface area contributed by atoms with Crippen molar-refractivity contribution in [3.63, 3.8) is 0 Å². The molecule has 0 amide bonds. The maximum absolute atomic E-state index is 13.1. The van der Waals surface area contributed by atoms with E-state index in [1.807, 2.05) is 0 Å². The quantitative estimate of drug-likeness (QED) is 0.882. The highest BCUT2D eigenvalue weighted by Crippen LogP contribution is 2.40. The maximum atomic E-state index is 13.1. The van der Waals surface area contributed by atoms with Crippen molar-refractivity contribution in [1.82, 2.24) is 9.78 Å². The maximum Gasteiger partial charge on any atom is 0.231 e. The third kappa shape index (κ3) is 1.49. The SMILES string of the molecule is Cn1ncc(-c2cc3c(cc2CF)OCO3)c1N. The summed E-state index contributed by atoms with van der Waals surface area (Å²) in [6.45, 7) is -0.437. The van der Waals surface area contributed by atoms with Crippen molar-refractivity contribution in [2.45, 2.75) is 6.67 Å². The molecule has 5 nitrogen and oxygen atoms in total. The van der Waals surface area contributed by atoms with E-state index in [0.29, 0.717) is 34.0 Å². The molecule has 6 heteroatoms. The average Bonchev–Trinajstić information content (AvgIpc) is 2.95. The van der Waals surface area contributed by atoms with Crippen LogP contribution in [0, 0.1) is 0 Å². The first-order valence-electron chi connectivity index (χ1n) is 5.47. The molecule has 0 atom stereocenters. The molecule has 94 valence electrons. The summed E-state index contributed by atoms with van der Waals surface area (Å²) in [4.78, 5) is 0. The number of aryl methyl sites for hydroxylation is 1. The van der Waals surface area contributed by atoms with Gasteiger partial charge in [0.2, 0.25) is 6.79 Å². The van der Waals surface area contributed by atoms with E-state index in [9.17, 15) is 4.39 Å². The lowest BCUT2D eigenvalue weighted by Crippen LogP contribution is -1.98. The fraction of sp³-hybridized carbons (Fsp3) is 0.250. The molecule has 18 heavy (non-hydrogen) atoms. The van der Waals surface area contributed by atoms with Gasteiger partial charge >= 0.3 is 0 Å². The summed E-state index contributed by atoms with van der Waals surface area (Å²) in [5, 5.41) is 4.06. The van der Waals surface area contributed by atoms with Crippen molar-refractivity contribution < 1.29 is 13.9 Å². The van der Waals surface area contributed by atoms with Crippen LogP contribution in [0.3, 0.4) is 0 Å². The molecule has 1 aliphatic rings. The molecule has 1 aromatic carbocycles. The number of nitrogens with two attached hydrogens (primary N) is 1. The predicted molar refractivity (Wildman–Crippen MR) is 64.0 cm³/mol. The van der Waals surface area contributed by atoms with E-state index in [4.69, 9.17) is 15.2 Å². The van der Waals surface area contributed by atoms with Gasteiger partial charge in [-0.05, 0) is 23.3 Å². The zero-order valence-corrected chi connectivity index (χ0v) is 9.81. The molecule has 3 rings (SSSR count). The van der Waals surface area contributed by atoms with Crippen LogP contribution in [0.4, 0.5) is 10.2 Å². The third-order valence-corrected chi connectivity index (χ3v) is 3.02. The van der Waals surface area contributed by atoms with Crippen LogP contribution in [-0.4, -0.2) is 16.6 Å². The van der Waals surface area contributed by atoms with Crippen LogP contribution in [0.25, 0.3) is 11.1 Å². The lowest BCUT2D eigenvalue weighted by atomic mass is 10.0. The Morgan fingerprint density at radius 1 is 1.33 bits per heavy atom. The second-order valence-electron chi connectivity index (χ2n) is 4.06. The summed E-state index contributed by atoms with van der Waals surface area (Å²) in [5.74, 6) is 1.66. The van der Waals surface area contributed by atoms with Crippen LogP contribution >= 0.6 is 0 Å². The lowest BCUT2D eigenvalue weighted by Gasteiger charge is -2.08. The monoisotopic (exact) mass is 249 g/mol. The van der Waals surface area contributed by atoms with Gasteiger partial charge in [-0.3, -0.25) is 4.68 Å². The molecule has 0 spiro atoms. The van der Waals surface area contributed by atoms with Crippen molar-refractivity contribution in [3.05, 3.63) is 23.9 Å². The number of hydrogen-bond acceptors (Lipinski definition) is 4. The Labute approximate surface area is 103 Å². The minimum atomic E-state index is -0.597. The van der Waals surface area contributed by atoms with Crippen molar-refractivity contribution in [2.75, 3.05) is 12.5 Å². The van der Waals surface area contributed by atoms with Crippen LogP contribution in [0.15, 0.2) is 18.3 Å². The number of fused-ring (bicyclic) bond motifs is 1. The zero-order valence-electron chi connectivity index (χ0n) is 9.81. The lowest BCUT2D eigenvalue weighted by molar-refractivity contribution is 0.174. The van der Waals surface area contributed by atoms with E-state index in [2.05, 4.69) is 5.10 Å². The Balaban J connectivity index is 2.19. The van der Waals surface area contributed by atoms with Crippen LogP contribution in [0.1, 0.15) is 5.56 Å². The fourth-order valence-electron chi connectivity index (χ4n) is 2.00. The highest BCUT2D eigenvalue weighted by molar-refractivity contribution is 5.78. The summed E-state index contributed by atoms with van der Waals surface area (Å²) in [6.07, 6.45) is 1.62. The first-order chi connectivity index (χ1) is 8.70. The summed E-state index contributed by atoms with van der Waals surface area (Å²) >= 11 is 0. The number of hydrogen-bond donors (Lipinski definition) is 1. The van der Waals surface area contributed by atoms with Crippen molar-refractivity contribution in [2.24, 2.45) is 7.05 Å². The first-order valence-corrected chi connectivity index (χ1v) is 5.47. The standard InChI is InChI=1S/C12H12FN3O2/c1-16-12(14)9(5-15-16)8-3-11-10(17-6-18-11)2-7(8)4-13/h2-3,5H,4,6,14H2,1H3. The van der Waals surface area contributed by atoms with Gasteiger partial charge in [0.1, 0.15) is 12.5 Å². The molecule has 0 bridgehead atoms. The van der Waals surface area contributed by atoms with Gasteiger partial charge in [-0.2, -0.15) is 5.10 Å². The molecular formula is C12H12FN3O2. The smallest absolute Gasteiger partial charge is 0.231 e. The van der Waals surface area contributed by atoms with Crippen LogP contribution in [0.5, 0.6) is 11.5 Å². The molecule has 1 aromatic heterocycles. The van der Waals surface area contributed by atoms with Gasteiger partial charge in [-0.15, -0.1) is 0 Å². The molecule has 1 aliphatic heterocycles. The van der Waals surface area contributed by atoms with Crippen molar-refractivity contribution >= 4 is 5.82 Å². The van der Waals surface area contributed by atoms with Gasteiger partial charge in [0.05, 0.1) is 6.20 Å². The third-order valence-electron chi connectivity index (χ3n) is 3.02. The van der Waals surface area contributed by atoms with E-state index < -0.39 is 6.67 Å². The van der Waals surface area contributed by atoms with Crippen LogP contribution < -0.4 is 15.2 Å². The van der Waals surface area contributed by atoms with Gasteiger partial charge in [0, 0.05) is 12.6 Å². The highest BCUT2D eigenvalue weighted by atomic mass is 19.1. The molecule has 2 N–H and O–H groups in total. The highest BCUT2D eigenvalue weighted by Gasteiger charge is 2.20. The Kier molecular flexibility index (Phi) is 2.36. The number of anilines is 1. The van der Waals surface area contributed by atoms with E-state index >= 15 is 0 Å². The Morgan fingerprint density at radius 3 is 2.67 bits per heavy atom. The van der Waals surface area contributed by atoms with E-state index in [1.165, 1.54) is 0 Å². The largest absolute Gasteiger partial charge is 0.454 e. The molecule has 0 fully saturated rings. The number of ether oxygens (including phenoxy) is 2. The van der Waals surface area contributed by atoms with Crippen molar-refractivity contribution in [1.29, 1.82) is 0 Å². The van der Waals surface area contributed by atoms with Gasteiger partial charge < -0.3 is 15.2 Å². The molecule has 0 aliphatic carbocycles. The number of alkyl halides is 1. The van der Waals surface area contributed by atoms with E-state index in [0.717, 1.165) is 0 Å². The first kappa shape index (κ1) is 10.9. The van der Waals surface area contributed by atoms with Crippen LogP contribution in [0.2, 0.25) is 0 Å². The normalized spacial score (nSPS) is 13.0. The molecule has 0 unspecified atom stereocenters. The topological polar surface area (TPSA) is 62.3 Å². The molecular weight excluding hydrogens is 237 g/mol. The molecule has 0 saturated carbocycles. The second kappa shape index (κ2) is 3.90. The van der Waals surface area contributed by atoms with Gasteiger partial charge in [0.15, 0.2) is 11.5 Å². The number of benzene rings is 1. The summed E-state index contributed by atoms with van der Waals surface area (Å²) in [5.41, 5.74) is 7.81. The van der Waals surface area contributed by atoms with E-state index in [1.54, 1.807) is 30.1 Å². The zero-order chi connectivity index (χ0) is 12.7. The van der Waals surface area contributed by atoms with Crippen molar-refractivity contribution in [3.8, 4) is 22.6 Å². The minimum absolute atomic E-state index is 0.160. The van der Waals surface area contributed by atoms with Gasteiger partial charge in [-0.25, -0.2) is 4.39 Å². The number of rotatable bonds is 2. The summed E-state index contributed by atoms with van der Waals surface area (Å²) in [6, 6.07) is 3.38. The number of nitrogens with zero attached hydrogens (tertiary/aromatic N) is 2. The summed E-state index contributed by atoms with van der Waals surface area (Å²) in [7, 11) is 1.74. The van der Waals surface area contributed by atoms with Crippen LogP contribution in [-0.2, 0) is 13.7 Å². The Hall–Kier alpha value is -2.24. The Bertz CT molecular complexity index is 610. The minimum Gasteiger partial charge on any atom is -0.454 e. The Morgan fingerprint density at radius 2 is 2.06 bits per heavy atom. The summed E-state index contributed by atoms with van der Waals surface area (Å²) < 4.78 is 25.2. The van der Waals surface area contributed by atoms with Gasteiger partial charge in [0.25, 0.3) is 0 Å². The number of nitrogen functional groups attached to an aromatic ring is 1. The predicted octanol–water partition coefficient (Wildman–Crippen LogP) is 1.87. The van der Waals surface area contributed by atoms with Gasteiger partial charge in [-0.1, -0.05) is 0 Å². The number of halogens is 1.